The Hall–Kier alpha value is -2.13. The van der Waals surface area contributed by atoms with Crippen molar-refractivity contribution in [1.82, 2.24) is 10.0 Å². The lowest BCUT2D eigenvalue weighted by Gasteiger charge is -2.21. The zero-order valence-electron chi connectivity index (χ0n) is 14.7. The monoisotopic (exact) mass is 372 g/mol. The van der Waals surface area contributed by atoms with E-state index >= 15 is 0 Å². The van der Waals surface area contributed by atoms with Gasteiger partial charge in [0.15, 0.2) is 0 Å². The van der Waals surface area contributed by atoms with Gasteiger partial charge in [0.2, 0.25) is 15.9 Å². The van der Waals surface area contributed by atoms with Crippen molar-refractivity contribution in [2.75, 3.05) is 20.0 Å². The van der Waals surface area contributed by atoms with Gasteiger partial charge in [-0.15, -0.1) is 0 Å². The molecule has 25 heavy (non-hydrogen) atoms. The summed E-state index contributed by atoms with van der Waals surface area (Å²) in [5.41, 5.74) is 0.646. The zero-order valence-corrected chi connectivity index (χ0v) is 15.6. The second-order valence-corrected chi connectivity index (χ2v) is 7.24. The lowest BCUT2D eigenvalue weighted by Crippen LogP contribution is -2.45. The fourth-order valence-electron chi connectivity index (χ4n) is 2.17. The first kappa shape index (κ1) is 20.9. The third-order valence-electron chi connectivity index (χ3n) is 3.27. The summed E-state index contributed by atoms with van der Waals surface area (Å²) in [6, 6.07) is 5.24. The third-order valence-corrected chi connectivity index (χ3v) is 4.05. The number of hydrogen-bond acceptors (Lipinski definition) is 6. The summed E-state index contributed by atoms with van der Waals surface area (Å²) < 4.78 is 34.8. The third kappa shape index (κ3) is 7.53. The van der Waals surface area contributed by atoms with Crippen LogP contribution in [0.1, 0.15) is 31.9 Å². The molecule has 0 saturated heterocycles. The Labute approximate surface area is 147 Å². The molecule has 2 N–H and O–H groups in total. The number of ether oxygens (including phenoxy) is 2. The number of hydrogen-bond donors (Lipinski definition) is 2. The molecule has 2 atom stereocenters. The molecule has 1 rings (SSSR count). The molecule has 0 aliphatic heterocycles. The summed E-state index contributed by atoms with van der Waals surface area (Å²) in [6.45, 7) is 3.34. The molecular weight excluding hydrogens is 348 g/mol. The average molecular weight is 372 g/mol. The maximum Gasteiger partial charge on any atom is 0.308 e. The van der Waals surface area contributed by atoms with E-state index in [2.05, 4.69) is 10.0 Å². The molecule has 8 nitrogen and oxygen atoms in total. The maximum absolute atomic E-state index is 12.3. The predicted octanol–water partition coefficient (Wildman–Crippen LogP) is 0.743. The van der Waals surface area contributed by atoms with Crippen molar-refractivity contribution >= 4 is 21.9 Å². The topological polar surface area (TPSA) is 111 Å². The van der Waals surface area contributed by atoms with Gasteiger partial charge in [-0.3, -0.25) is 9.59 Å². The minimum absolute atomic E-state index is 0.0850. The quantitative estimate of drug-likeness (QED) is 0.619. The molecule has 9 heteroatoms. The van der Waals surface area contributed by atoms with Crippen LogP contribution in [-0.4, -0.2) is 46.3 Å². The van der Waals surface area contributed by atoms with Crippen LogP contribution < -0.4 is 14.8 Å². The highest BCUT2D eigenvalue weighted by atomic mass is 32.2. The standard InChI is InChI=1S/C16H24N2O6S/c1-5-24-15(19)10-14(12-7-6-8-13(9-12)23-3)17-16(20)11(2)18-25(4,21)22/h6-9,11,14,18H,5,10H2,1-4H3,(H,17,20). The van der Waals surface area contributed by atoms with Gasteiger partial charge in [-0.25, -0.2) is 13.1 Å². The molecule has 0 fully saturated rings. The first-order chi connectivity index (χ1) is 11.7. The number of amides is 1. The van der Waals surface area contributed by atoms with Crippen molar-refractivity contribution in [3.8, 4) is 5.75 Å². The average Bonchev–Trinajstić information content (AvgIpc) is 2.52. The second kappa shape index (κ2) is 9.38. The maximum atomic E-state index is 12.3. The van der Waals surface area contributed by atoms with Gasteiger partial charge >= 0.3 is 5.97 Å². The van der Waals surface area contributed by atoms with Gasteiger partial charge in [-0.05, 0) is 31.5 Å². The van der Waals surface area contributed by atoms with Crippen molar-refractivity contribution < 1.29 is 27.5 Å². The molecule has 0 aromatic heterocycles. The van der Waals surface area contributed by atoms with E-state index in [1.54, 1.807) is 31.2 Å². The molecule has 0 bridgehead atoms. The van der Waals surface area contributed by atoms with Gasteiger partial charge in [-0.2, -0.15) is 0 Å². The zero-order chi connectivity index (χ0) is 19.0. The second-order valence-electron chi connectivity index (χ2n) is 5.46. The number of methoxy groups -OCH3 is 1. The van der Waals surface area contributed by atoms with E-state index in [0.29, 0.717) is 11.3 Å². The Morgan fingerprint density at radius 3 is 2.52 bits per heavy atom. The molecule has 0 saturated carbocycles. The van der Waals surface area contributed by atoms with Crippen LogP contribution in [0, 0.1) is 0 Å². The number of esters is 1. The van der Waals surface area contributed by atoms with Gasteiger partial charge in [-0.1, -0.05) is 12.1 Å². The van der Waals surface area contributed by atoms with Crippen molar-refractivity contribution in [1.29, 1.82) is 0 Å². The summed E-state index contributed by atoms with van der Waals surface area (Å²) >= 11 is 0. The van der Waals surface area contributed by atoms with E-state index in [1.165, 1.54) is 14.0 Å². The van der Waals surface area contributed by atoms with Crippen molar-refractivity contribution in [2.45, 2.75) is 32.4 Å². The molecular formula is C16H24N2O6S. The number of nitrogens with one attached hydrogen (secondary N) is 2. The van der Waals surface area contributed by atoms with Crippen LogP contribution in [0.2, 0.25) is 0 Å². The number of carbonyl (C=O) groups excluding carboxylic acids is 2. The van der Waals surface area contributed by atoms with E-state index in [1.807, 2.05) is 0 Å². The van der Waals surface area contributed by atoms with Crippen LogP contribution in [0.4, 0.5) is 0 Å². The largest absolute Gasteiger partial charge is 0.497 e. The van der Waals surface area contributed by atoms with E-state index in [-0.39, 0.29) is 13.0 Å². The molecule has 0 heterocycles. The Balaban J connectivity index is 2.97. The molecule has 1 aromatic rings. The van der Waals surface area contributed by atoms with Crippen LogP contribution in [-0.2, 0) is 24.3 Å². The smallest absolute Gasteiger partial charge is 0.308 e. The number of rotatable bonds is 9. The summed E-state index contributed by atoms with van der Waals surface area (Å²) in [6.07, 6.45) is 0.882. The highest BCUT2D eigenvalue weighted by Gasteiger charge is 2.24. The molecule has 0 spiro atoms. The Morgan fingerprint density at radius 1 is 1.28 bits per heavy atom. The van der Waals surface area contributed by atoms with E-state index < -0.39 is 34.0 Å². The molecule has 140 valence electrons. The highest BCUT2D eigenvalue weighted by molar-refractivity contribution is 7.88. The van der Waals surface area contributed by atoms with Crippen LogP contribution in [0.3, 0.4) is 0 Å². The normalized spacial score (nSPS) is 13.6. The Bertz CT molecular complexity index is 704. The molecule has 0 aliphatic carbocycles. The molecule has 0 aliphatic rings. The lowest BCUT2D eigenvalue weighted by molar-refractivity contribution is -0.143. The van der Waals surface area contributed by atoms with Crippen molar-refractivity contribution in [3.05, 3.63) is 29.8 Å². The van der Waals surface area contributed by atoms with E-state index in [0.717, 1.165) is 6.26 Å². The van der Waals surface area contributed by atoms with Crippen molar-refractivity contribution in [3.63, 3.8) is 0 Å². The van der Waals surface area contributed by atoms with Gasteiger partial charge in [0.1, 0.15) is 5.75 Å². The van der Waals surface area contributed by atoms with Crippen LogP contribution in [0.25, 0.3) is 0 Å². The van der Waals surface area contributed by atoms with Crippen LogP contribution in [0.5, 0.6) is 5.75 Å². The first-order valence-electron chi connectivity index (χ1n) is 7.73. The van der Waals surface area contributed by atoms with Gasteiger partial charge in [0, 0.05) is 0 Å². The Morgan fingerprint density at radius 2 is 1.96 bits per heavy atom. The van der Waals surface area contributed by atoms with Crippen LogP contribution >= 0.6 is 0 Å². The SMILES string of the molecule is CCOC(=O)CC(NC(=O)C(C)NS(C)(=O)=O)c1cccc(OC)c1. The van der Waals surface area contributed by atoms with Crippen LogP contribution in [0.15, 0.2) is 24.3 Å². The predicted molar refractivity (Wildman–Crippen MR) is 92.6 cm³/mol. The fourth-order valence-corrected chi connectivity index (χ4v) is 2.92. The fraction of sp³-hybridized carbons (Fsp3) is 0.500. The first-order valence-corrected chi connectivity index (χ1v) is 9.62. The van der Waals surface area contributed by atoms with Gasteiger partial charge in [0.05, 0.1) is 38.5 Å². The number of carbonyl (C=O) groups is 2. The summed E-state index contributed by atoms with van der Waals surface area (Å²) in [4.78, 5) is 24.1. The Kier molecular flexibility index (Phi) is 7.85. The number of benzene rings is 1. The van der Waals surface area contributed by atoms with Gasteiger partial charge in [0.25, 0.3) is 0 Å². The number of sulfonamides is 1. The summed E-state index contributed by atoms with van der Waals surface area (Å²) in [7, 11) is -2.02. The van der Waals surface area contributed by atoms with Crippen molar-refractivity contribution in [2.24, 2.45) is 0 Å². The minimum atomic E-state index is -3.53. The van der Waals surface area contributed by atoms with Gasteiger partial charge < -0.3 is 14.8 Å². The molecule has 0 radical (unpaired) electrons. The van der Waals surface area contributed by atoms with E-state index in [4.69, 9.17) is 9.47 Å². The minimum Gasteiger partial charge on any atom is -0.497 e. The molecule has 2 unspecified atom stereocenters. The summed E-state index contributed by atoms with van der Waals surface area (Å²) in [5.74, 6) is -0.454. The molecule has 1 aromatic carbocycles. The highest BCUT2D eigenvalue weighted by Crippen LogP contribution is 2.22. The molecule has 1 amide bonds. The lowest BCUT2D eigenvalue weighted by atomic mass is 10.0. The summed E-state index contributed by atoms with van der Waals surface area (Å²) in [5, 5.41) is 2.67. The van der Waals surface area contributed by atoms with E-state index in [9.17, 15) is 18.0 Å².